The molecule has 0 unspecified atom stereocenters. The van der Waals surface area contributed by atoms with Crippen LogP contribution in [0.2, 0.25) is 0 Å². The van der Waals surface area contributed by atoms with Crippen molar-refractivity contribution in [2.24, 2.45) is 4.99 Å². The van der Waals surface area contributed by atoms with Crippen molar-refractivity contribution in [1.29, 1.82) is 0 Å². The second-order valence-corrected chi connectivity index (χ2v) is 6.51. The number of aliphatic imine (C=N–C) groups is 1. The van der Waals surface area contributed by atoms with Crippen molar-refractivity contribution in [1.82, 2.24) is 10.2 Å². The molecule has 1 aliphatic carbocycles. The molecule has 0 aromatic carbocycles. The van der Waals surface area contributed by atoms with Crippen molar-refractivity contribution in [2.75, 3.05) is 45.1 Å². The van der Waals surface area contributed by atoms with E-state index in [2.05, 4.69) is 10.2 Å². The summed E-state index contributed by atoms with van der Waals surface area (Å²) in [7, 11) is 0. The summed E-state index contributed by atoms with van der Waals surface area (Å²) < 4.78 is 5.35. The molecule has 2 heterocycles. The predicted octanol–water partition coefficient (Wildman–Crippen LogP) is 1.32. The minimum absolute atomic E-state index is 0.405. The number of nitrogens with zero attached hydrogens (tertiary/aromatic N) is 2. The van der Waals surface area contributed by atoms with Crippen molar-refractivity contribution in [2.45, 2.75) is 31.2 Å². The van der Waals surface area contributed by atoms with Crippen LogP contribution in [-0.4, -0.2) is 60.8 Å². The third-order valence-corrected chi connectivity index (χ3v) is 5.39. The van der Waals surface area contributed by atoms with Gasteiger partial charge in [0.25, 0.3) is 0 Å². The molecule has 3 aliphatic rings. The smallest absolute Gasteiger partial charge is 0.157 e. The first-order valence-electron chi connectivity index (χ1n) is 7.12. The summed E-state index contributed by atoms with van der Waals surface area (Å²) in [6, 6.07) is 0. The summed E-state index contributed by atoms with van der Waals surface area (Å²) in [5.41, 5.74) is 0.405. The molecule has 2 aliphatic heterocycles. The summed E-state index contributed by atoms with van der Waals surface area (Å²) in [4.78, 5) is 7.17. The van der Waals surface area contributed by atoms with Gasteiger partial charge in [0.05, 0.1) is 19.8 Å². The van der Waals surface area contributed by atoms with Gasteiger partial charge < -0.3 is 10.1 Å². The Morgan fingerprint density at radius 1 is 1.28 bits per heavy atom. The van der Waals surface area contributed by atoms with Crippen molar-refractivity contribution < 1.29 is 4.74 Å². The number of ether oxygens (including phenoxy) is 1. The van der Waals surface area contributed by atoms with E-state index >= 15 is 0 Å². The van der Waals surface area contributed by atoms with E-state index in [0.717, 1.165) is 39.4 Å². The van der Waals surface area contributed by atoms with Gasteiger partial charge in [0.1, 0.15) is 0 Å². The molecule has 1 N–H and O–H groups in total. The van der Waals surface area contributed by atoms with Crippen LogP contribution >= 0.6 is 11.8 Å². The number of rotatable bonds is 3. The van der Waals surface area contributed by atoms with Crippen LogP contribution in [-0.2, 0) is 4.74 Å². The number of hydrogen-bond acceptors (Lipinski definition) is 4. The lowest BCUT2D eigenvalue weighted by molar-refractivity contribution is 0.0394. The normalized spacial score (nSPS) is 30.1. The summed E-state index contributed by atoms with van der Waals surface area (Å²) in [6.07, 6.45) is 5.44. The molecule has 0 radical (unpaired) electrons. The number of hydrogen-bond donors (Lipinski definition) is 1. The van der Waals surface area contributed by atoms with E-state index in [0.29, 0.717) is 5.54 Å². The lowest BCUT2D eigenvalue weighted by atomic mass is 10.0. The molecule has 1 saturated carbocycles. The van der Waals surface area contributed by atoms with Gasteiger partial charge in [-0.1, -0.05) is 24.6 Å². The van der Waals surface area contributed by atoms with Crippen LogP contribution in [0.25, 0.3) is 0 Å². The molecule has 5 heteroatoms. The van der Waals surface area contributed by atoms with Gasteiger partial charge in [0, 0.05) is 30.9 Å². The van der Waals surface area contributed by atoms with Crippen LogP contribution in [0.15, 0.2) is 4.99 Å². The minimum Gasteiger partial charge on any atom is -0.379 e. The topological polar surface area (TPSA) is 36.9 Å². The summed E-state index contributed by atoms with van der Waals surface area (Å²) >= 11 is 1.92. The number of morpholine rings is 1. The Bertz CT molecular complexity index is 309. The SMILES string of the molecule is C1CCC2(C1)CSC(=NCCN1CCOCC1)N2. The van der Waals surface area contributed by atoms with Crippen LogP contribution < -0.4 is 5.32 Å². The Morgan fingerprint density at radius 2 is 2.06 bits per heavy atom. The molecule has 3 fully saturated rings. The van der Waals surface area contributed by atoms with Gasteiger partial charge in [0.2, 0.25) is 0 Å². The first-order chi connectivity index (χ1) is 8.86. The average Bonchev–Trinajstić information content (AvgIpc) is 3.02. The third kappa shape index (κ3) is 3.00. The number of nitrogens with one attached hydrogen (secondary N) is 1. The van der Waals surface area contributed by atoms with Gasteiger partial charge >= 0.3 is 0 Å². The Balaban J connectivity index is 1.43. The highest BCUT2D eigenvalue weighted by Crippen LogP contribution is 2.37. The monoisotopic (exact) mass is 269 g/mol. The zero-order valence-corrected chi connectivity index (χ0v) is 11.8. The quantitative estimate of drug-likeness (QED) is 0.838. The fourth-order valence-corrected chi connectivity index (χ4v) is 4.27. The zero-order valence-electron chi connectivity index (χ0n) is 11.0. The zero-order chi connectivity index (χ0) is 12.3. The van der Waals surface area contributed by atoms with Crippen LogP contribution in [0.1, 0.15) is 25.7 Å². The van der Waals surface area contributed by atoms with Crippen molar-refractivity contribution >= 4 is 16.9 Å². The van der Waals surface area contributed by atoms with Crippen molar-refractivity contribution in [3.8, 4) is 0 Å². The van der Waals surface area contributed by atoms with Gasteiger partial charge in [-0.3, -0.25) is 9.89 Å². The van der Waals surface area contributed by atoms with Gasteiger partial charge in [-0.05, 0) is 12.8 Å². The highest BCUT2D eigenvalue weighted by molar-refractivity contribution is 8.14. The first kappa shape index (κ1) is 12.8. The van der Waals surface area contributed by atoms with Crippen LogP contribution in [0.3, 0.4) is 0 Å². The second kappa shape index (κ2) is 5.80. The maximum Gasteiger partial charge on any atom is 0.157 e. The summed E-state index contributed by atoms with van der Waals surface area (Å²) in [5, 5.41) is 4.86. The molecule has 0 bridgehead atoms. The molecular formula is C13H23N3OS. The maximum absolute atomic E-state index is 5.35. The molecule has 1 spiro atoms. The predicted molar refractivity (Wildman–Crippen MR) is 76.4 cm³/mol. The van der Waals surface area contributed by atoms with Gasteiger partial charge in [-0.2, -0.15) is 0 Å². The lowest BCUT2D eigenvalue weighted by Gasteiger charge is -2.25. The minimum atomic E-state index is 0.405. The Morgan fingerprint density at radius 3 is 2.83 bits per heavy atom. The van der Waals surface area contributed by atoms with Crippen LogP contribution in [0.4, 0.5) is 0 Å². The Labute approximate surface area is 114 Å². The Kier molecular flexibility index (Phi) is 4.11. The summed E-state index contributed by atoms with van der Waals surface area (Å²) in [5.74, 6) is 1.23. The molecule has 102 valence electrons. The van der Waals surface area contributed by atoms with E-state index in [1.54, 1.807) is 0 Å². The fourth-order valence-electron chi connectivity index (χ4n) is 3.03. The van der Waals surface area contributed by atoms with E-state index in [-0.39, 0.29) is 0 Å². The average molecular weight is 269 g/mol. The van der Waals surface area contributed by atoms with Gasteiger partial charge in [-0.15, -0.1) is 0 Å². The van der Waals surface area contributed by atoms with Crippen molar-refractivity contribution in [3.63, 3.8) is 0 Å². The largest absolute Gasteiger partial charge is 0.379 e. The van der Waals surface area contributed by atoms with Crippen LogP contribution in [0.5, 0.6) is 0 Å². The van der Waals surface area contributed by atoms with E-state index in [1.807, 2.05) is 11.8 Å². The molecule has 2 saturated heterocycles. The number of amidine groups is 1. The Hall–Kier alpha value is -0.260. The fraction of sp³-hybridized carbons (Fsp3) is 0.923. The molecular weight excluding hydrogens is 246 g/mol. The van der Waals surface area contributed by atoms with E-state index in [1.165, 1.54) is 36.6 Å². The molecule has 0 amide bonds. The van der Waals surface area contributed by atoms with E-state index < -0.39 is 0 Å². The summed E-state index contributed by atoms with van der Waals surface area (Å²) in [6.45, 7) is 5.89. The third-order valence-electron chi connectivity index (χ3n) is 4.19. The molecule has 4 nitrogen and oxygen atoms in total. The molecule has 0 aromatic rings. The highest BCUT2D eigenvalue weighted by Gasteiger charge is 2.39. The van der Waals surface area contributed by atoms with Gasteiger partial charge in [0.15, 0.2) is 5.17 Å². The highest BCUT2D eigenvalue weighted by atomic mass is 32.2. The molecule has 0 atom stereocenters. The molecule has 0 aromatic heterocycles. The molecule has 18 heavy (non-hydrogen) atoms. The van der Waals surface area contributed by atoms with E-state index in [9.17, 15) is 0 Å². The van der Waals surface area contributed by atoms with Crippen molar-refractivity contribution in [3.05, 3.63) is 0 Å². The second-order valence-electron chi connectivity index (χ2n) is 5.54. The lowest BCUT2D eigenvalue weighted by Crippen LogP contribution is -2.41. The maximum atomic E-state index is 5.35. The van der Waals surface area contributed by atoms with Crippen LogP contribution in [0, 0.1) is 0 Å². The molecule has 3 rings (SSSR count). The van der Waals surface area contributed by atoms with Gasteiger partial charge in [-0.25, -0.2) is 0 Å². The standard InChI is InChI=1S/C13H23N3OS/c1-2-4-13(3-1)11-18-12(15-13)14-5-6-16-7-9-17-10-8-16/h1-11H2,(H,14,15). The number of thioether (sulfide) groups is 1. The van der Waals surface area contributed by atoms with E-state index in [4.69, 9.17) is 9.73 Å². The first-order valence-corrected chi connectivity index (χ1v) is 8.10.